The lowest BCUT2D eigenvalue weighted by atomic mass is 10.2. The van der Waals surface area contributed by atoms with Crippen LogP contribution in [-0.4, -0.2) is 25.0 Å². The molecule has 0 radical (unpaired) electrons. The van der Waals surface area contributed by atoms with E-state index in [-0.39, 0.29) is 12.4 Å². The van der Waals surface area contributed by atoms with E-state index in [2.05, 4.69) is 45.0 Å². The average molecular weight is 322 g/mol. The van der Waals surface area contributed by atoms with Gasteiger partial charge in [0.25, 0.3) is 0 Å². The van der Waals surface area contributed by atoms with Crippen LogP contribution in [0.15, 0.2) is 60.7 Å². The average Bonchev–Trinajstić information content (AvgIpc) is 2.54. The Labute approximate surface area is 141 Å². The van der Waals surface area contributed by atoms with Crippen molar-refractivity contribution in [2.24, 2.45) is 0 Å². The van der Waals surface area contributed by atoms with Crippen molar-refractivity contribution in [2.75, 3.05) is 14.1 Å². The molecular weight excluding hydrogens is 294 g/mol. The fourth-order valence-corrected chi connectivity index (χ4v) is 1.62. The molecule has 122 valence electrons. The van der Waals surface area contributed by atoms with Gasteiger partial charge in [-0.25, -0.2) is 0 Å². The van der Waals surface area contributed by atoms with Crippen molar-refractivity contribution in [3.63, 3.8) is 0 Å². The number of hydrogen-bond acceptors (Lipinski definition) is 2. The molecule has 0 bridgehead atoms. The van der Waals surface area contributed by atoms with E-state index in [0.717, 1.165) is 11.8 Å². The number of halogens is 1. The highest BCUT2D eigenvalue weighted by atomic mass is 35.5. The Balaban J connectivity index is 0.000000478. The largest absolute Gasteiger partial charge is 0.489 e. The zero-order valence-electron chi connectivity index (χ0n) is 14.0. The maximum atomic E-state index is 5.59. The van der Waals surface area contributed by atoms with Crippen molar-refractivity contribution in [3.8, 4) is 5.75 Å². The molecular formula is C19H28ClNO. The van der Waals surface area contributed by atoms with E-state index in [1.807, 2.05) is 48.5 Å². The minimum Gasteiger partial charge on any atom is -0.489 e. The molecule has 2 nitrogen and oxygen atoms in total. The van der Waals surface area contributed by atoms with Gasteiger partial charge in [0, 0.05) is 6.04 Å². The molecule has 0 spiro atoms. The van der Waals surface area contributed by atoms with E-state index in [1.165, 1.54) is 12.0 Å². The van der Waals surface area contributed by atoms with Crippen LogP contribution in [0, 0.1) is 0 Å². The molecule has 0 saturated carbocycles. The number of benzene rings is 2. The lowest BCUT2D eigenvalue weighted by Crippen LogP contribution is -2.23. The topological polar surface area (TPSA) is 12.5 Å². The Hall–Kier alpha value is -1.51. The third-order valence-electron chi connectivity index (χ3n) is 3.46. The van der Waals surface area contributed by atoms with Crippen LogP contribution in [0.4, 0.5) is 0 Å². The lowest BCUT2D eigenvalue weighted by molar-refractivity contribution is 0.306. The van der Waals surface area contributed by atoms with E-state index in [4.69, 9.17) is 4.74 Å². The fourth-order valence-electron chi connectivity index (χ4n) is 1.62. The normalized spacial score (nSPS) is 11.0. The molecule has 1 unspecified atom stereocenters. The third-order valence-corrected chi connectivity index (χ3v) is 3.46. The number of ether oxygens (including phenoxy) is 1. The van der Waals surface area contributed by atoms with Crippen LogP contribution >= 0.6 is 12.4 Å². The van der Waals surface area contributed by atoms with Crippen LogP contribution in [0.1, 0.15) is 25.8 Å². The van der Waals surface area contributed by atoms with E-state index in [1.54, 1.807) is 0 Å². The van der Waals surface area contributed by atoms with Gasteiger partial charge < -0.3 is 9.64 Å². The smallest absolute Gasteiger partial charge is 0.119 e. The molecule has 0 amide bonds. The van der Waals surface area contributed by atoms with Crippen molar-refractivity contribution < 1.29 is 4.74 Å². The van der Waals surface area contributed by atoms with E-state index >= 15 is 0 Å². The Morgan fingerprint density at radius 1 is 0.909 bits per heavy atom. The Morgan fingerprint density at radius 3 is 1.82 bits per heavy atom. The van der Waals surface area contributed by atoms with Gasteiger partial charge in [0.1, 0.15) is 12.4 Å². The van der Waals surface area contributed by atoms with Crippen molar-refractivity contribution in [1.29, 1.82) is 0 Å². The first-order valence-corrected chi connectivity index (χ1v) is 7.51. The van der Waals surface area contributed by atoms with Gasteiger partial charge >= 0.3 is 0 Å². The van der Waals surface area contributed by atoms with E-state index in [0.29, 0.717) is 6.61 Å². The molecule has 2 aromatic rings. The van der Waals surface area contributed by atoms with Crippen LogP contribution in [-0.2, 0) is 6.61 Å². The molecule has 1 atom stereocenters. The molecule has 22 heavy (non-hydrogen) atoms. The van der Waals surface area contributed by atoms with Gasteiger partial charge in [-0.2, -0.15) is 0 Å². The SMILES string of the molecule is CCC(C)N(C)C.Cl.c1ccc(COc2ccccc2)cc1. The summed E-state index contributed by atoms with van der Waals surface area (Å²) in [7, 11) is 4.21. The minimum atomic E-state index is 0. The highest BCUT2D eigenvalue weighted by Gasteiger charge is 1.97. The van der Waals surface area contributed by atoms with Crippen LogP contribution in [0.2, 0.25) is 0 Å². The standard InChI is InChI=1S/C13H12O.C6H15N.ClH/c1-3-7-12(8-4-1)11-14-13-9-5-2-6-10-13;1-5-6(2)7(3)4;/h1-10H,11H2;6H,5H2,1-4H3;1H. The second-order valence-electron chi connectivity index (χ2n) is 5.31. The summed E-state index contributed by atoms with van der Waals surface area (Å²) in [6.45, 7) is 5.05. The molecule has 0 N–H and O–H groups in total. The Morgan fingerprint density at radius 2 is 1.41 bits per heavy atom. The molecule has 0 saturated heterocycles. The van der Waals surface area contributed by atoms with Crippen molar-refractivity contribution in [2.45, 2.75) is 32.9 Å². The zero-order chi connectivity index (χ0) is 15.5. The summed E-state index contributed by atoms with van der Waals surface area (Å²) >= 11 is 0. The highest BCUT2D eigenvalue weighted by molar-refractivity contribution is 5.85. The Bertz CT molecular complexity index is 434. The number of hydrogen-bond donors (Lipinski definition) is 0. The third kappa shape index (κ3) is 8.71. The van der Waals surface area contributed by atoms with Crippen LogP contribution in [0.5, 0.6) is 5.75 Å². The number of rotatable bonds is 5. The summed E-state index contributed by atoms with van der Waals surface area (Å²) in [5, 5.41) is 0. The Kier molecular flexibility index (Phi) is 11.2. The predicted octanol–water partition coefficient (Wildman–Crippen LogP) is 5.03. The van der Waals surface area contributed by atoms with Gasteiger partial charge in [-0.15, -0.1) is 12.4 Å². The molecule has 3 heteroatoms. The molecule has 0 aliphatic carbocycles. The summed E-state index contributed by atoms with van der Waals surface area (Å²) in [6, 6.07) is 20.7. The van der Waals surface area contributed by atoms with Gasteiger partial charge in [0.15, 0.2) is 0 Å². The molecule has 2 rings (SSSR count). The quantitative estimate of drug-likeness (QED) is 0.765. The van der Waals surface area contributed by atoms with Gasteiger partial charge in [-0.05, 0) is 45.1 Å². The maximum Gasteiger partial charge on any atom is 0.119 e. The van der Waals surface area contributed by atoms with Crippen LogP contribution in [0.3, 0.4) is 0 Å². The molecule has 0 aliphatic rings. The first kappa shape index (κ1) is 20.5. The van der Waals surface area contributed by atoms with Crippen molar-refractivity contribution in [1.82, 2.24) is 4.90 Å². The summed E-state index contributed by atoms with van der Waals surface area (Å²) in [5.41, 5.74) is 1.19. The van der Waals surface area contributed by atoms with Crippen LogP contribution in [0.25, 0.3) is 0 Å². The first-order valence-electron chi connectivity index (χ1n) is 7.51. The summed E-state index contributed by atoms with van der Waals surface area (Å²) in [4.78, 5) is 2.22. The number of nitrogens with zero attached hydrogens (tertiary/aromatic N) is 1. The monoisotopic (exact) mass is 321 g/mol. The number of para-hydroxylation sites is 1. The zero-order valence-corrected chi connectivity index (χ0v) is 14.8. The highest BCUT2D eigenvalue weighted by Crippen LogP contribution is 2.11. The van der Waals surface area contributed by atoms with Gasteiger partial charge in [0.05, 0.1) is 0 Å². The summed E-state index contributed by atoms with van der Waals surface area (Å²) in [6.07, 6.45) is 1.24. The second-order valence-corrected chi connectivity index (χ2v) is 5.31. The predicted molar refractivity (Wildman–Crippen MR) is 97.9 cm³/mol. The molecule has 0 heterocycles. The van der Waals surface area contributed by atoms with Crippen molar-refractivity contribution in [3.05, 3.63) is 66.2 Å². The van der Waals surface area contributed by atoms with Crippen LogP contribution < -0.4 is 4.74 Å². The van der Waals surface area contributed by atoms with Gasteiger partial charge in [-0.3, -0.25) is 0 Å². The minimum absolute atomic E-state index is 0. The maximum absolute atomic E-state index is 5.59. The molecule has 0 fully saturated rings. The van der Waals surface area contributed by atoms with E-state index < -0.39 is 0 Å². The van der Waals surface area contributed by atoms with Gasteiger partial charge in [0.2, 0.25) is 0 Å². The summed E-state index contributed by atoms with van der Waals surface area (Å²) < 4.78 is 5.59. The molecule has 2 aromatic carbocycles. The lowest BCUT2D eigenvalue weighted by Gasteiger charge is -2.16. The van der Waals surface area contributed by atoms with Gasteiger partial charge in [-0.1, -0.05) is 55.5 Å². The molecule has 0 aromatic heterocycles. The summed E-state index contributed by atoms with van der Waals surface area (Å²) in [5.74, 6) is 0.913. The second kappa shape index (κ2) is 12.1. The van der Waals surface area contributed by atoms with E-state index in [9.17, 15) is 0 Å². The fraction of sp³-hybridized carbons (Fsp3) is 0.368. The van der Waals surface area contributed by atoms with Crippen molar-refractivity contribution >= 4 is 12.4 Å². The molecule has 0 aliphatic heterocycles. The first-order chi connectivity index (χ1) is 10.1.